The van der Waals surface area contributed by atoms with Crippen LogP contribution in [0.15, 0.2) is 23.1 Å². The number of nitrogens with one attached hydrogen (secondary N) is 1. The number of carboxylic acid groups (broad SMARTS) is 1. The van der Waals surface area contributed by atoms with Gasteiger partial charge in [-0.05, 0) is 36.5 Å². The molecule has 0 saturated heterocycles. The van der Waals surface area contributed by atoms with Crippen LogP contribution in [0, 0.1) is 5.41 Å². The highest BCUT2D eigenvalue weighted by Gasteiger charge is 2.37. The smallest absolute Gasteiger partial charge is 0.335 e. The molecule has 6 nitrogen and oxygen atoms in total. The van der Waals surface area contributed by atoms with Crippen molar-refractivity contribution >= 4 is 21.7 Å². The van der Waals surface area contributed by atoms with Gasteiger partial charge >= 0.3 is 5.97 Å². The fourth-order valence-electron chi connectivity index (χ4n) is 2.72. The summed E-state index contributed by atoms with van der Waals surface area (Å²) in [5.74, 6) is -1.14. The Labute approximate surface area is 124 Å². The van der Waals surface area contributed by atoms with Crippen LogP contribution in [-0.4, -0.2) is 25.5 Å². The number of sulfonamides is 1. The maximum Gasteiger partial charge on any atom is 0.335 e. The summed E-state index contributed by atoms with van der Waals surface area (Å²) in [6.45, 7) is 4.06. The van der Waals surface area contributed by atoms with Crippen molar-refractivity contribution in [2.45, 2.75) is 44.0 Å². The summed E-state index contributed by atoms with van der Waals surface area (Å²) in [6.07, 6.45) is 2.74. The van der Waals surface area contributed by atoms with Gasteiger partial charge in [-0.25, -0.2) is 17.9 Å². The number of anilines is 1. The predicted molar refractivity (Wildman–Crippen MR) is 79.6 cm³/mol. The average molecular weight is 312 g/mol. The van der Waals surface area contributed by atoms with E-state index in [1.807, 2.05) is 13.8 Å². The molecule has 1 aromatic carbocycles. The first-order valence-electron chi connectivity index (χ1n) is 6.79. The van der Waals surface area contributed by atoms with Gasteiger partial charge in [-0.2, -0.15) is 0 Å². The Morgan fingerprint density at radius 3 is 2.57 bits per heavy atom. The van der Waals surface area contributed by atoms with Gasteiger partial charge in [-0.3, -0.25) is 0 Å². The number of carboxylic acids is 1. The van der Waals surface area contributed by atoms with E-state index >= 15 is 0 Å². The molecule has 1 aliphatic rings. The summed E-state index contributed by atoms with van der Waals surface area (Å²) in [4.78, 5) is 10.8. The second-order valence-electron chi connectivity index (χ2n) is 6.11. The lowest BCUT2D eigenvalue weighted by Gasteiger charge is -2.27. The van der Waals surface area contributed by atoms with Crippen LogP contribution in [-0.2, 0) is 10.0 Å². The van der Waals surface area contributed by atoms with Crippen LogP contribution in [0.4, 0.5) is 5.69 Å². The Morgan fingerprint density at radius 1 is 1.43 bits per heavy atom. The number of hydrogen-bond donors (Lipinski definition) is 3. The zero-order valence-corrected chi connectivity index (χ0v) is 12.9. The van der Waals surface area contributed by atoms with Crippen molar-refractivity contribution in [3.63, 3.8) is 0 Å². The minimum atomic E-state index is -3.76. The second kappa shape index (κ2) is 5.31. The molecule has 1 aromatic rings. The van der Waals surface area contributed by atoms with Crippen molar-refractivity contribution in [2.24, 2.45) is 5.41 Å². The van der Waals surface area contributed by atoms with Crippen LogP contribution < -0.4 is 10.5 Å². The number of carbonyl (C=O) groups is 1. The van der Waals surface area contributed by atoms with Gasteiger partial charge < -0.3 is 10.8 Å². The normalized spacial score (nSPS) is 21.3. The van der Waals surface area contributed by atoms with Crippen LogP contribution in [0.1, 0.15) is 43.5 Å². The van der Waals surface area contributed by atoms with E-state index in [4.69, 9.17) is 10.8 Å². The topological polar surface area (TPSA) is 109 Å². The van der Waals surface area contributed by atoms with Crippen LogP contribution in [0.2, 0.25) is 0 Å². The van der Waals surface area contributed by atoms with E-state index < -0.39 is 16.0 Å². The summed E-state index contributed by atoms with van der Waals surface area (Å²) < 4.78 is 27.6. The van der Waals surface area contributed by atoms with E-state index in [1.54, 1.807) is 0 Å². The lowest BCUT2D eigenvalue weighted by atomic mass is 9.88. The van der Waals surface area contributed by atoms with Gasteiger partial charge in [0.1, 0.15) is 4.90 Å². The summed E-state index contributed by atoms with van der Waals surface area (Å²) in [5, 5.41) is 8.88. The summed E-state index contributed by atoms with van der Waals surface area (Å²) >= 11 is 0. The van der Waals surface area contributed by atoms with Crippen molar-refractivity contribution in [2.75, 3.05) is 5.73 Å². The Hall–Kier alpha value is -1.60. The molecule has 1 aliphatic carbocycles. The minimum absolute atomic E-state index is 0.0346. The molecule has 4 N–H and O–H groups in total. The molecule has 0 spiro atoms. The number of benzene rings is 1. The zero-order valence-electron chi connectivity index (χ0n) is 12.1. The van der Waals surface area contributed by atoms with Gasteiger partial charge in [-0.15, -0.1) is 0 Å². The number of nitrogens with two attached hydrogens (primary N) is 1. The van der Waals surface area contributed by atoms with Crippen molar-refractivity contribution in [1.82, 2.24) is 4.72 Å². The lowest BCUT2D eigenvalue weighted by molar-refractivity contribution is 0.0697. The van der Waals surface area contributed by atoms with Crippen molar-refractivity contribution in [3.05, 3.63) is 23.8 Å². The van der Waals surface area contributed by atoms with E-state index in [-0.39, 0.29) is 27.6 Å². The lowest BCUT2D eigenvalue weighted by Crippen LogP contribution is -2.41. The first kappa shape index (κ1) is 15.8. The van der Waals surface area contributed by atoms with E-state index in [0.29, 0.717) is 0 Å². The Bertz CT molecular complexity index is 668. The van der Waals surface area contributed by atoms with Gasteiger partial charge in [0, 0.05) is 6.04 Å². The molecule has 0 bridgehead atoms. The van der Waals surface area contributed by atoms with E-state index in [1.165, 1.54) is 12.1 Å². The molecule has 1 fully saturated rings. The minimum Gasteiger partial charge on any atom is -0.478 e. The Balaban J connectivity index is 2.30. The molecule has 0 amide bonds. The maximum atomic E-state index is 12.4. The van der Waals surface area contributed by atoms with Gasteiger partial charge in [0.25, 0.3) is 0 Å². The molecule has 0 heterocycles. The summed E-state index contributed by atoms with van der Waals surface area (Å²) in [6, 6.07) is 3.51. The quantitative estimate of drug-likeness (QED) is 0.735. The van der Waals surface area contributed by atoms with Gasteiger partial charge in [0.2, 0.25) is 10.0 Å². The van der Waals surface area contributed by atoms with Gasteiger partial charge in [0.05, 0.1) is 11.3 Å². The number of rotatable bonds is 4. The predicted octanol–water partition coefficient (Wildman–Crippen LogP) is 1.82. The third-order valence-electron chi connectivity index (χ3n) is 4.10. The third-order valence-corrected chi connectivity index (χ3v) is 5.65. The van der Waals surface area contributed by atoms with Crippen molar-refractivity contribution in [1.29, 1.82) is 0 Å². The van der Waals surface area contributed by atoms with Crippen molar-refractivity contribution < 1.29 is 18.3 Å². The van der Waals surface area contributed by atoms with Crippen LogP contribution in [0.3, 0.4) is 0 Å². The van der Waals surface area contributed by atoms with Crippen LogP contribution in [0.25, 0.3) is 0 Å². The Morgan fingerprint density at radius 2 is 2.10 bits per heavy atom. The molecule has 7 heteroatoms. The molecular formula is C14H20N2O4S. The Kier molecular flexibility index (Phi) is 3.99. The third kappa shape index (κ3) is 3.19. The summed E-state index contributed by atoms with van der Waals surface area (Å²) in [5.41, 5.74) is 5.52. The molecule has 1 saturated carbocycles. The number of nitrogen functional groups attached to an aromatic ring is 1. The monoisotopic (exact) mass is 312 g/mol. The fraction of sp³-hybridized carbons (Fsp3) is 0.500. The SMILES string of the molecule is CC1(C)CCCC1NS(=O)(=O)c1ccc(C(=O)O)cc1N. The molecule has 1 atom stereocenters. The zero-order chi connectivity index (χ0) is 15.8. The van der Waals surface area contributed by atoms with E-state index in [0.717, 1.165) is 25.3 Å². The standard InChI is InChI=1S/C14H20N2O4S/c1-14(2)7-3-4-12(14)16-21(19,20)11-6-5-9(13(17)18)8-10(11)15/h5-6,8,12,16H,3-4,7,15H2,1-2H3,(H,17,18). The number of aromatic carboxylic acids is 1. The first-order chi connectivity index (χ1) is 9.63. The highest BCUT2D eigenvalue weighted by molar-refractivity contribution is 7.89. The highest BCUT2D eigenvalue weighted by Crippen LogP contribution is 2.38. The molecule has 2 rings (SSSR count). The molecule has 116 valence electrons. The first-order valence-corrected chi connectivity index (χ1v) is 8.27. The summed E-state index contributed by atoms with van der Waals surface area (Å²) in [7, 11) is -3.76. The van der Waals surface area contributed by atoms with E-state index in [9.17, 15) is 13.2 Å². The molecule has 1 unspecified atom stereocenters. The molecular weight excluding hydrogens is 292 g/mol. The van der Waals surface area contributed by atoms with Crippen molar-refractivity contribution in [3.8, 4) is 0 Å². The van der Waals surface area contributed by atoms with E-state index in [2.05, 4.69) is 4.72 Å². The molecule has 0 radical (unpaired) electrons. The second-order valence-corrected chi connectivity index (χ2v) is 7.79. The average Bonchev–Trinajstić information content (AvgIpc) is 2.67. The van der Waals surface area contributed by atoms with Gasteiger partial charge in [0.15, 0.2) is 0 Å². The van der Waals surface area contributed by atoms with Crippen LogP contribution in [0.5, 0.6) is 0 Å². The number of hydrogen-bond acceptors (Lipinski definition) is 4. The highest BCUT2D eigenvalue weighted by atomic mass is 32.2. The van der Waals surface area contributed by atoms with Gasteiger partial charge in [-0.1, -0.05) is 20.3 Å². The molecule has 21 heavy (non-hydrogen) atoms. The molecule has 0 aliphatic heterocycles. The van der Waals surface area contributed by atoms with Crippen LogP contribution >= 0.6 is 0 Å². The maximum absolute atomic E-state index is 12.4. The fourth-order valence-corrected chi connectivity index (χ4v) is 4.28. The molecule has 0 aromatic heterocycles. The largest absolute Gasteiger partial charge is 0.478 e.